The first kappa shape index (κ1) is 17.5. The smallest absolute Gasteiger partial charge is 0.317 e. The van der Waals surface area contributed by atoms with Gasteiger partial charge in [0.05, 0.1) is 18.9 Å². The molecule has 1 unspecified atom stereocenters. The van der Waals surface area contributed by atoms with Gasteiger partial charge in [0, 0.05) is 31.1 Å². The first-order valence-corrected chi connectivity index (χ1v) is 8.69. The Kier molecular flexibility index (Phi) is 5.71. The van der Waals surface area contributed by atoms with E-state index in [2.05, 4.69) is 22.6 Å². The SMILES string of the molecule is Cc1noc(C)c1CNC(=O)N1CCC(COCc2ccccc2)C1. The van der Waals surface area contributed by atoms with E-state index in [1.807, 2.05) is 36.9 Å². The Hall–Kier alpha value is -2.34. The molecule has 1 aliphatic heterocycles. The van der Waals surface area contributed by atoms with Gasteiger partial charge in [-0.15, -0.1) is 0 Å². The molecule has 2 heterocycles. The van der Waals surface area contributed by atoms with Crippen LogP contribution in [0.15, 0.2) is 34.9 Å². The summed E-state index contributed by atoms with van der Waals surface area (Å²) in [7, 11) is 0. The summed E-state index contributed by atoms with van der Waals surface area (Å²) in [6.45, 7) is 7.00. The number of benzene rings is 1. The number of likely N-dealkylation sites (tertiary alicyclic amines) is 1. The van der Waals surface area contributed by atoms with Crippen LogP contribution in [0.1, 0.15) is 29.0 Å². The fraction of sp³-hybridized carbons (Fsp3) is 0.474. The Balaban J connectivity index is 1.39. The lowest BCUT2D eigenvalue weighted by Crippen LogP contribution is -2.38. The molecule has 6 nitrogen and oxygen atoms in total. The minimum atomic E-state index is -0.0365. The van der Waals surface area contributed by atoms with Crippen molar-refractivity contribution in [1.29, 1.82) is 0 Å². The van der Waals surface area contributed by atoms with Crippen LogP contribution in [-0.2, 0) is 17.9 Å². The van der Waals surface area contributed by atoms with Crippen LogP contribution in [0, 0.1) is 19.8 Å². The van der Waals surface area contributed by atoms with Gasteiger partial charge in [0.15, 0.2) is 0 Å². The molecule has 0 aliphatic carbocycles. The molecule has 134 valence electrons. The predicted octanol–water partition coefficient (Wildman–Crippen LogP) is 3.04. The molecule has 1 atom stereocenters. The largest absolute Gasteiger partial charge is 0.376 e. The highest BCUT2D eigenvalue weighted by Gasteiger charge is 2.26. The molecule has 1 aromatic carbocycles. The number of urea groups is 1. The first-order chi connectivity index (χ1) is 12.1. The van der Waals surface area contributed by atoms with E-state index in [9.17, 15) is 4.79 Å². The Bertz CT molecular complexity index is 680. The fourth-order valence-electron chi connectivity index (χ4n) is 3.10. The van der Waals surface area contributed by atoms with Gasteiger partial charge < -0.3 is 19.5 Å². The third kappa shape index (κ3) is 4.60. The second-order valence-electron chi connectivity index (χ2n) is 6.56. The number of amides is 2. The summed E-state index contributed by atoms with van der Waals surface area (Å²) in [5.41, 5.74) is 2.95. The number of carbonyl (C=O) groups excluding carboxylic acids is 1. The molecule has 1 aliphatic rings. The summed E-state index contributed by atoms with van der Waals surface area (Å²) in [5, 5.41) is 6.86. The van der Waals surface area contributed by atoms with Gasteiger partial charge in [-0.2, -0.15) is 0 Å². The molecule has 1 fully saturated rings. The summed E-state index contributed by atoms with van der Waals surface area (Å²) in [6, 6.07) is 10.1. The summed E-state index contributed by atoms with van der Waals surface area (Å²) in [4.78, 5) is 14.2. The lowest BCUT2D eigenvalue weighted by atomic mass is 10.1. The molecule has 3 rings (SSSR count). The second kappa shape index (κ2) is 8.16. The summed E-state index contributed by atoms with van der Waals surface area (Å²) < 4.78 is 10.9. The minimum absolute atomic E-state index is 0.0365. The number of nitrogens with one attached hydrogen (secondary N) is 1. The zero-order valence-corrected chi connectivity index (χ0v) is 14.8. The van der Waals surface area contributed by atoms with Gasteiger partial charge in [-0.1, -0.05) is 35.5 Å². The maximum atomic E-state index is 12.3. The highest BCUT2D eigenvalue weighted by molar-refractivity contribution is 5.74. The third-order valence-corrected chi connectivity index (χ3v) is 4.64. The van der Waals surface area contributed by atoms with Crippen molar-refractivity contribution >= 4 is 6.03 Å². The highest BCUT2D eigenvalue weighted by atomic mass is 16.5. The highest BCUT2D eigenvalue weighted by Crippen LogP contribution is 2.18. The average molecular weight is 343 g/mol. The average Bonchev–Trinajstić information content (AvgIpc) is 3.21. The van der Waals surface area contributed by atoms with Gasteiger partial charge in [-0.25, -0.2) is 4.79 Å². The summed E-state index contributed by atoms with van der Waals surface area (Å²) in [5.74, 6) is 1.15. The molecular formula is C19H25N3O3. The van der Waals surface area contributed by atoms with Crippen molar-refractivity contribution in [3.63, 3.8) is 0 Å². The van der Waals surface area contributed by atoms with Gasteiger partial charge in [-0.3, -0.25) is 0 Å². The molecule has 6 heteroatoms. The van der Waals surface area contributed by atoms with Gasteiger partial charge in [-0.05, 0) is 25.8 Å². The van der Waals surface area contributed by atoms with Gasteiger partial charge >= 0.3 is 6.03 Å². The predicted molar refractivity (Wildman–Crippen MR) is 94.0 cm³/mol. The van der Waals surface area contributed by atoms with Crippen molar-refractivity contribution < 1.29 is 14.1 Å². The number of hydrogen-bond donors (Lipinski definition) is 1. The van der Waals surface area contributed by atoms with E-state index in [1.165, 1.54) is 5.56 Å². The van der Waals surface area contributed by atoms with Crippen LogP contribution in [0.4, 0.5) is 4.79 Å². The van der Waals surface area contributed by atoms with Crippen molar-refractivity contribution in [2.45, 2.75) is 33.4 Å². The van der Waals surface area contributed by atoms with E-state index >= 15 is 0 Å². The Morgan fingerprint density at radius 3 is 2.88 bits per heavy atom. The number of carbonyl (C=O) groups is 1. The van der Waals surface area contributed by atoms with Crippen molar-refractivity contribution in [2.75, 3.05) is 19.7 Å². The lowest BCUT2D eigenvalue weighted by Gasteiger charge is -2.17. The van der Waals surface area contributed by atoms with Gasteiger partial charge in [0.1, 0.15) is 5.76 Å². The topological polar surface area (TPSA) is 67.6 Å². The van der Waals surface area contributed by atoms with Crippen molar-refractivity contribution in [3.05, 3.63) is 52.9 Å². The van der Waals surface area contributed by atoms with Crippen LogP contribution in [0.2, 0.25) is 0 Å². The zero-order valence-electron chi connectivity index (χ0n) is 14.8. The molecule has 0 radical (unpaired) electrons. The maximum Gasteiger partial charge on any atom is 0.317 e. The van der Waals surface area contributed by atoms with E-state index in [1.54, 1.807) is 0 Å². The van der Waals surface area contributed by atoms with Crippen LogP contribution in [0.3, 0.4) is 0 Å². The molecule has 2 amide bonds. The normalized spacial score (nSPS) is 17.0. The molecule has 1 aromatic heterocycles. The molecule has 0 spiro atoms. The van der Waals surface area contributed by atoms with Crippen molar-refractivity contribution in [2.24, 2.45) is 5.92 Å². The number of nitrogens with zero attached hydrogens (tertiary/aromatic N) is 2. The third-order valence-electron chi connectivity index (χ3n) is 4.64. The van der Waals surface area contributed by atoms with Crippen LogP contribution in [-0.4, -0.2) is 35.8 Å². The maximum absolute atomic E-state index is 12.3. The molecule has 25 heavy (non-hydrogen) atoms. The molecular weight excluding hydrogens is 318 g/mol. The number of hydrogen-bond acceptors (Lipinski definition) is 4. The second-order valence-corrected chi connectivity index (χ2v) is 6.56. The van der Waals surface area contributed by atoms with Crippen LogP contribution >= 0.6 is 0 Å². The van der Waals surface area contributed by atoms with E-state index in [4.69, 9.17) is 9.26 Å². The van der Waals surface area contributed by atoms with E-state index in [0.717, 1.165) is 36.5 Å². The zero-order chi connectivity index (χ0) is 17.6. The van der Waals surface area contributed by atoms with Crippen LogP contribution in [0.5, 0.6) is 0 Å². The Morgan fingerprint density at radius 1 is 1.36 bits per heavy atom. The van der Waals surface area contributed by atoms with Crippen molar-refractivity contribution in [1.82, 2.24) is 15.4 Å². The minimum Gasteiger partial charge on any atom is -0.376 e. The molecule has 1 saturated heterocycles. The van der Waals surface area contributed by atoms with E-state index in [-0.39, 0.29) is 6.03 Å². The summed E-state index contributed by atoms with van der Waals surface area (Å²) >= 11 is 0. The number of aryl methyl sites for hydroxylation is 2. The van der Waals surface area contributed by atoms with Crippen molar-refractivity contribution in [3.8, 4) is 0 Å². The quantitative estimate of drug-likeness (QED) is 0.875. The monoisotopic (exact) mass is 343 g/mol. The summed E-state index contributed by atoms with van der Waals surface area (Å²) in [6.07, 6.45) is 0.980. The molecule has 0 saturated carbocycles. The van der Waals surface area contributed by atoms with Crippen LogP contribution in [0.25, 0.3) is 0 Å². The first-order valence-electron chi connectivity index (χ1n) is 8.69. The van der Waals surface area contributed by atoms with E-state index in [0.29, 0.717) is 25.7 Å². The number of ether oxygens (including phenoxy) is 1. The molecule has 1 N–H and O–H groups in total. The fourth-order valence-corrected chi connectivity index (χ4v) is 3.10. The Labute approximate surface area is 148 Å². The Morgan fingerprint density at radius 2 is 2.16 bits per heavy atom. The number of aromatic nitrogens is 1. The van der Waals surface area contributed by atoms with E-state index < -0.39 is 0 Å². The molecule has 0 bridgehead atoms. The molecule has 2 aromatic rings. The standard InChI is InChI=1S/C19H25N3O3/c1-14-18(15(2)25-21-14)10-20-19(23)22-9-8-17(11-22)13-24-12-16-6-4-3-5-7-16/h3-7,17H,8-13H2,1-2H3,(H,20,23). The number of rotatable bonds is 6. The lowest BCUT2D eigenvalue weighted by molar-refractivity contribution is 0.0897. The van der Waals surface area contributed by atoms with Gasteiger partial charge in [0.2, 0.25) is 0 Å². The van der Waals surface area contributed by atoms with Gasteiger partial charge in [0.25, 0.3) is 0 Å². The van der Waals surface area contributed by atoms with Crippen LogP contribution < -0.4 is 5.32 Å².